The van der Waals surface area contributed by atoms with Gasteiger partial charge < -0.3 is 15.4 Å². The van der Waals surface area contributed by atoms with Crippen molar-refractivity contribution in [2.24, 2.45) is 11.7 Å². The van der Waals surface area contributed by atoms with E-state index in [9.17, 15) is 4.79 Å². The highest BCUT2D eigenvalue weighted by molar-refractivity contribution is 7.80. The monoisotopic (exact) mass is 267 g/mol. The molecule has 1 unspecified atom stereocenters. The van der Waals surface area contributed by atoms with Crippen molar-refractivity contribution >= 4 is 23.1 Å². The number of pyridine rings is 1. The first kappa shape index (κ1) is 14.4. The third kappa shape index (κ3) is 3.40. The van der Waals surface area contributed by atoms with E-state index in [2.05, 4.69) is 4.98 Å². The van der Waals surface area contributed by atoms with Gasteiger partial charge in [-0.05, 0) is 12.1 Å². The second kappa shape index (κ2) is 6.30. The average molecular weight is 267 g/mol. The van der Waals surface area contributed by atoms with Gasteiger partial charge in [0.2, 0.25) is 5.88 Å². The van der Waals surface area contributed by atoms with Gasteiger partial charge in [-0.1, -0.05) is 19.1 Å². The number of carbonyl (C=O) groups is 1. The molecule has 98 valence electrons. The Balaban J connectivity index is 2.83. The van der Waals surface area contributed by atoms with E-state index in [1.165, 1.54) is 7.11 Å². The molecule has 1 amide bonds. The van der Waals surface area contributed by atoms with E-state index in [-0.39, 0.29) is 11.8 Å². The van der Waals surface area contributed by atoms with Gasteiger partial charge in [-0.15, -0.1) is 0 Å². The predicted octanol–water partition coefficient (Wildman–Crippen LogP) is 1.08. The molecule has 1 aromatic heterocycles. The van der Waals surface area contributed by atoms with Gasteiger partial charge in [0, 0.05) is 25.7 Å². The van der Waals surface area contributed by atoms with Gasteiger partial charge >= 0.3 is 0 Å². The van der Waals surface area contributed by atoms with Crippen molar-refractivity contribution < 1.29 is 9.53 Å². The molecule has 5 nitrogen and oxygen atoms in total. The molecule has 1 atom stereocenters. The fourth-order valence-electron chi connectivity index (χ4n) is 1.51. The van der Waals surface area contributed by atoms with Crippen LogP contribution in [0.15, 0.2) is 18.3 Å². The van der Waals surface area contributed by atoms with E-state index in [0.717, 1.165) is 0 Å². The molecule has 0 radical (unpaired) electrons. The second-order valence-electron chi connectivity index (χ2n) is 4.05. The third-order valence-corrected chi connectivity index (χ3v) is 2.98. The molecule has 0 aliphatic rings. The van der Waals surface area contributed by atoms with Crippen LogP contribution in [0.2, 0.25) is 0 Å². The number of rotatable bonds is 5. The molecule has 2 N–H and O–H groups in total. The third-order valence-electron chi connectivity index (χ3n) is 2.58. The van der Waals surface area contributed by atoms with Crippen molar-refractivity contribution in [1.82, 2.24) is 9.88 Å². The van der Waals surface area contributed by atoms with E-state index in [1.54, 1.807) is 30.3 Å². The van der Waals surface area contributed by atoms with Gasteiger partial charge in [-0.2, -0.15) is 0 Å². The highest BCUT2D eigenvalue weighted by atomic mass is 32.1. The lowest BCUT2D eigenvalue weighted by molar-refractivity contribution is 0.0782. The van der Waals surface area contributed by atoms with E-state index >= 15 is 0 Å². The van der Waals surface area contributed by atoms with E-state index in [4.69, 9.17) is 22.7 Å². The van der Waals surface area contributed by atoms with Gasteiger partial charge in [0.1, 0.15) is 5.56 Å². The lowest BCUT2D eigenvalue weighted by Gasteiger charge is -2.21. The lowest BCUT2D eigenvalue weighted by Crippen LogP contribution is -2.35. The number of hydrogen-bond acceptors (Lipinski definition) is 4. The van der Waals surface area contributed by atoms with E-state index < -0.39 is 0 Å². The topological polar surface area (TPSA) is 68.5 Å². The van der Waals surface area contributed by atoms with Crippen LogP contribution in [0.4, 0.5) is 0 Å². The average Bonchev–Trinajstić information content (AvgIpc) is 2.37. The first-order chi connectivity index (χ1) is 8.47. The highest BCUT2D eigenvalue weighted by Gasteiger charge is 2.19. The quantitative estimate of drug-likeness (QED) is 0.809. The zero-order chi connectivity index (χ0) is 13.7. The Morgan fingerprint density at radius 1 is 1.67 bits per heavy atom. The van der Waals surface area contributed by atoms with Gasteiger partial charge in [0.15, 0.2) is 0 Å². The standard InChI is InChI=1S/C12H17N3O2S/c1-8(10(13)18)7-15(2)12(16)9-5-4-6-14-11(9)17-3/h4-6,8H,7H2,1-3H3,(H2,13,18). The largest absolute Gasteiger partial charge is 0.480 e. The summed E-state index contributed by atoms with van der Waals surface area (Å²) in [7, 11) is 3.18. The van der Waals surface area contributed by atoms with Gasteiger partial charge in [0.25, 0.3) is 5.91 Å². The lowest BCUT2D eigenvalue weighted by atomic mass is 10.1. The Morgan fingerprint density at radius 3 is 2.89 bits per heavy atom. The molecule has 1 heterocycles. The maximum Gasteiger partial charge on any atom is 0.259 e. The maximum atomic E-state index is 12.2. The highest BCUT2D eigenvalue weighted by Crippen LogP contribution is 2.16. The Hall–Kier alpha value is -1.69. The Morgan fingerprint density at radius 2 is 2.33 bits per heavy atom. The van der Waals surface area contributed by atoms with Gasteiger partial charge in [-0.25, -0.2) is 4.98 Å². The molecule has 0 spiro atoms. The molecular formula is C12H17N3O2S. The van der Waals surface area contributed by atoms with Crippen LogP contribution in [0.5, 0.6) is 5.88 Å². The summed E-state index contributed by atoms with van der Waals surface area (Å²) in [4.78, 5) is 18.2. The summed E-state index contributed by atoms with van der Waals surface area (Å²) in [6, 6.07) is 3.37. The number of carbonyl (C=O) groups excluding carboxylic acids is 1. The molecule has 18 heavy (non-hydrogen) atoms. The summed E-state index contributed by atoms with van der Waals surface area (Å²) in [6.45, 7) is 2.35. The Bertz CT molecular complexity index is 451. The molecule has 1 aromatic rings. The van der Waals surface area contributed by atoms with Crippen LogP contribution in [-0.2, 0) is 0 Å². The molecule has 0 saturated carbocycles. The number of nitrogens with two attached hydrogens (primary N) is 1. The molecule has 6 heteroatoms. The molecular weight excluding hydrogens is 250 g/mol. The van der Waals surface area contributed by atoms with Crippen LogP contribution in [0.25, 0.3) is 0 Å². The second-order valence-corrected chi connectivity index (χ2v) is 4.52. The minimum Gasteiger partial charge on any atom is -0.480 e. The number of nitrogens with zero attached hydrogens (tertiary/aromatic N) is 2. The van der Waals surface area contributed by atoms with E-state index in [1.807, 2.05) is 6.92 Å². The van der Waals surface area contributed by atoms with Crippen molar-refractivity contribution in [3.63, 3.8) is 0 Å². The molecule has 0 aromatic carbocycles. The Kier molecular flexibility index (Phi) is 5.03. The van der Waals surface area contributed by atoms with Crippen LogP contribution >= 0.6 is 12.2 Å². The molecule has 1 rings (SSSR count). The zero-order valence-electron chi connectivity index (χ0n) is 10.7. The van der Waals surface area contributed by atoms with Crippen molar-refractivity contribution in [3.05, 3.63) is 23.9 Å². The minimum absolute atomic E-state index is 0.0309. The fourth-order valence-corrected chi connectivity index (χ4v) is 1.58. The smallest absolute Gasteiger partial charge is 0.259 e. The van der Waals surface area contributed by atoms with Crippen LogP contribution in [0.3, 0.4) is 0 Å². The summed E-state index contributed by atoms with van der Waals surface area (Å²) in [5.74, 6) is 0.122. The van der Waals surface area contributed by atoms with Crippen LogP contribution in [0, 0.1) is 5.92 Å². The molecule has 0 aliphatic heterocycles. The number of hydrogen-bond donors (Lipinski definition) is 1. The minimum atomic E-state index is -0.164. The SMILES string of the molecule is COc1ncccc1C(=O)N(C)CC(C)C(N)=S. The molecule has 0 saturated heterocycles. The first-order valence-corrected chi connectivity index (χ1v) is 5.92. The number of aromatic nitrogens is 1. The number of ether oxygens (including phenoxy) is 1. The van der Waals surface area contributed by atoms with Crippen molar-refractivity contribution in [1.29, 1.82) is 0 Å². The van der Waals surface area contributed by atoms with Gasteiger partial charge in [-0.3, -0.25) is 4.79 Å². The molecule has 0 bridgehead atoms. The Labute approximate surface area is 112 Å². The van der Waals surface area contributed by atoms with Gasteiger partial charge in [0.05, 0.1) is 12.1 Å². The fraction of sp³-hybridized carbons (Fsp3) is 0.417. The van der Waals surface area contributed by atoms with Crippen molar-refractivity contribution in [2.45, 2.75) is 6.92 Å². The summed E-state index contributed by atoms with van der Waals surface area (Å²) in [6.07, 6.45) is 1.58. The number of thiocarbonyl (C=S) groups is 1. The number of methoxy groups -OCH3 is 1. The maximum absolute atomic E-state index is 12.2. The van der Waals surface area contributed by atoms with Crippen LogP contribution in [-0.4, -0.2) is 41.5 Å². The number of amides is 1. The molecule has 0 aliphatic carbocycles. The normalized spacial score (nSPS) is 11.7. The van der Waals surface area contributed by atoms with Crippen molar-refractivity contribution in [2.75, 3.05) is 20.7 Å². The zero-order valence-corrected chi connectivity index (χ0v) is 11.5. The van der Waals surface area contributed by atoms with E-state index in [0.29, 0.717) is 23.0 Å². The summed E-state index contributed by atoms with van der Waals surface area (Å²) in [5, 5.41) is 0. The summed E-state index contributed by atoms with van der Waals surface area (Å²) < 4.78 is 5.06. The first-order valence-electron chi connectivity index (χ1n) is 5.51. The summed E-state index contributed by atoms with van der Waals surface area (Å²) >= 11 is 4.89. The summed E-state index contributed by atoms with van der Waals surface area (Å²) in [5.41, 5.74) is 5.96. The van der Waals surface area contributed by atoms with Crippen LogP contribution < -0.4 is 10.5 Å². The molecule has 0 fully saturated rings. The predicted molar refractivity (Wildman–Crippen MR) is 73.7 cm³/mol. The van der Waals surface area contributed by atoms with Crippen LogP contribution in [0.1, 0.15) is 17.3 Å². The van der Waals surface area contributed by atoms with Crippen molar-refractivity contribution in [3.8, 4) is 5.88 Å².